The zero-order valence-corrected chi connectivity index (χ0v) is 31.0. The average molecular weight is 696 g/mol. The molecule has 3 unspecified atom stereocenters. The quantitative estimate of drug-likeness (QED) is 0.287. The van der Waals surface area contributed by atoms with Gasteiger partial charge in [0.2, 0.25) is 0 Å². The average Bonchev–Trinajstić information content (AvgIpc) is 3.90. The normalized spacial score (nSPS) is 24.5. The molecule has 1 saturated carbocycles. The number of benzene rings is 1. The molecule has 1 N–H and O–H groups in total. The summed E-state index contributed by atoms with van der Waals surface area (Å²) in [5, 5.41) is 0. The molecule has 2 aromatic heterocycles. The lowest BCUT2D eigenvalue weighted by molar-refractivity contribution is 0.0216. The summed E-state index contributed by atoms with van der Waals surface area (Å²) in [4.78, 5) is 45.3. The van der Waals surface area contributed by atoms with Crippen molar-refractivity contribution in [2.24, 2.45) is 4.99 Å². The van der Waals surface area contributed by atoms with Crippen LogP contribution in [-0.4, -0.2) is 68.0 Å². The number of nitrogens with zero attached hydrogens (tertiary/aromatic N) is 4. The Bertz CT molecular complexity index is 1890. The standard InChI is InChI=1S/C40H49N5O4S/c1-39(2,3)48-37(46)44-17-7-9-30(44)28-20-25(21-41-28)26-13-14-27(35-24-12-11-23(19-24)34(26)35)32-15-16-33(50-32)29-22-42-36(43-29)31-10-8-18-45(31)38(47)49-40(4,5)6/h13-16,21-24,30-31H,7-12,17-20H2,1-6H3,(H,42,43)/t23?,24?,30-,31?/m0/s1. The van der Waals surface area contributed by atoms with Gasteiger partial charge in [0.15, 0.2) is 0 Å². The molecule has 3 aliphatic heterocycles. The van der Waals surface area contributed by atoms with Gasteiger partial charge in [0, 0.05) is 36.3 Å². The third-order valence-corrected chi connectivity index (χ3v) is 12.0. The number of ether oxygens (including phenoxy) is 2. The number of hydrogen-bond donors (Lipinski definition) is 1. The van der Waals surface area contributed by atoms with E-state index >= 15 is 0 Å². The van der Waals surface area contributed by atoms with Crippen molar-refractivity contribution < 1.29 is 19.1 Å². The van der Waals surface area contributed by atoms with Crippen LogP contribution in [0.25, 0.3) is 26.6 Å². The Balaban J connectivity index is 1.02. The SMILES string of the molecule is CC(C)(C)OC(=O)N1CCCC1c1ncc(-c2ccc(-c3ccc(C4=CN=C([C@@H]5CCCN5C(=O)OC(C)(C)C)C4)c4c3C3CCC4C3)s2)[nH]1. The first-order valence-electron chi connectivity index (χ1n) is 18.4. The molecule has 264 valence electrons. The van der Waals surface area contributed by atoms with E-state index in [9.17, 15) is 9.59 Å². The molecule has 8 rings (SSSR count). The highest BCUT2D eigenvalue weighted by atomic mass is 32.1. The van der Waals surface area contributed by atoms with Crippen LogP contribution in [0.15, 0.2) is 41.7 Å². The molecule has 9 nitrogen and oxygen atoms in total. The minimum atomic E-state index is -0.533. The van der Waals surface area contributed by atoms with Gasteiger partial charge in [-0.15, -0.1) is 11.3 Å². The number of H-pyrrole nitrogens is 1. The molecule has 2 amide bonds. The fraction of sp³-hybridized carbons (Fsp3) is 0.550. The van der Waals surface area contributed by atoms with Crippen LogP contribution in [0.5, 0.6) is 0 Å². The second-order valence-electron chi connectivity index (χ2n) is 16.7. The van der Waals surface area contributed by atoms with Crippen molar-refractivity contribution in [1.29, 1.82) is 0 Å². The van der Waals surface area contributed by atoms with Crippen LogP contribution in [0, 0.1) is 0 Å². The van der Waals surface area contributed by atoms with Crippen molar-refractivity contribution in [3.8, 4) is 21.0 Å². The highest BCUT2D eigenvalue weighted by Gasteiger charge is 2.42. The van der Waals surface area contributed by atoms with E-state index in [1.54, 1.807) is 11.3 Å². The molecule has 5 aliphatic rings. The summed E-state index contributed by atoms with van der Waals surface area (Å²) in [6.07, 6.45) is 11.7. The van der Waals surface area contributed by atoms with Crippen molar-refractivity contribution in [3.05, 3.63) is 59.2 Å². The molecular formula is C40H49N5O4S. The van der Waals surface area contributed by atoms with Crippen LogP contribution in [0.3, 0.4) is 0 Å². The Kier molecular flexibility index (Phi) is 8.24. The molecule has 3 aromatic rings. The number of fused-ring (bicyclic) bond motifs is 5. The largest absolute Gasteiger partial charge is 0.444 e. The van der Waals surface area contributed by atoms with Gasteiger partial charge < -0.3 is 14.5 Å². The van der Waals surface area contributed by atoms with Crippen LogP contribution < -0.4 is 0 Å². The first kappa shape index (κ1) is 33.2. The van der Waals surface area contributed by atoms with Crippen molar-refractivity contribution in [2.45, 2.75) is 128 Å². The highest BCUT2D eigenvalue weighted by molar-refractivity contribution is 7.18. The van der Waals surface area contributed by atoms with E-state index in [2.05, 4.69) is 35.4 Å². The van der Waals surface area contributed by atoms with Gasteiger partial charge in [0.1, 0.15) is 17.0 Å². The number of allylic oxidation sites excluding steroid dienone is 1. The summed E-state index contributed by atoms with van der Waals surface area (Å²) in [5.41, 5.74) is 8.04. The van der Waals surface area contributed by atoms with Gasteiger partial charge in [0.05, 0.1) is 28.9 Å². The van der Waals surface area contributed by atoms with Gasteiger partial charge in [-0.3, -0.25) is 14.8 Å². The molecule has 2 saturated heterocycles. The minimum absolute atomic E-state index is 0.00367. The summed E-state index contributed by atoms with van der Waals surface area (Å²) in [7, 11) is 0. The molecular weight excluding hydrogens is 647 g/mol. The lowest BCUT2D eigenvalue weighted by atomic mass is 9.82. The highest BCUT2D eigenvalue weighted by Crippen LogP contribution is 2.58. The van der Waals surface area contributed by atoms with Gasteiger partial charge in [-0.25, -0.2) is 14.6 Å². The number of carbonyl (C=O) groups is 2. The number of nitrogens with one attached hydrogen (secondary N) is 1. The fourth-order valence-electron chi connectivity index (χ4n) is 8.83. The number of carbonyl (C=O) groups excluding carboxylic acids is 2. The van der Waals surface area contributed by atoms with E-state index < -0.39 is 11.2 Å². The molecule has 2 aliphatic carbocycles. The van der Waals surface area contributed by atoms with Crippen LogP contribution in [-0.2, 0) is 9.47 Å². The number of aromatic amines is 1. The molecule has 0 spiro atoms. The van der Waals surface area contributed by atoms with Crippen LogP contribution in [0.1, 0.15) is 133 Å². The van der Waals surface area contributed by atoms with E-state index in [4.69, 9.17) is 19.5 Å². The van der Waals surface area contributed by atoms with Crippen molar-refractivity contribution in [1.82, 2.24) is 19.8 Å². The molecule has 50 heavy (non-hydrogen) atoms. The summed E-state index contributed by atoms with van der Waals surface area (Å²) >= 11 is 1.80. The molecule has 2 bridgehead atoms. The number of amides is 2. The van der Waals surface area contributed by atoms with Crippen LogP contribution in [0.2, 0.25) is 0 Å². The fourth-order valence-corrected chi connectivity index (χ4v) is 9.84. The zero-order chi connectivity index (χ0) is 34.9. The molecule has 3 fully saturated rings. The van der Waals surface area contributed by atoms with E-state index in [1.165, 1.54) is 52.0 Å². The number of thiophene rings is 1. The second-order valence-corrected chi connectivity index (χ2v) is 17.7. The monoisotopic (exact) mass is 695 g/mol. The minimum Gasteiger partial charge on any atom is -0.444 e. The predicted molar refractivity (Wildman–Crippen MR) is 198 cm³/mol. The summed E-state index contributed by atoms with van der Waals surface area (Å²) in [6, 6.07) is 9.02. The maximum atomic E-state index is 13.0. The molecule has 1 aromatic carbocycles. The molecule has 5 heterocycles. The summed E-state index contributed by atoms with van der Waals surface area (Å²) in [5.74, 6) is 2.00. The lowest BCUT2D eigenvalue weighted by Gasteiger charge is -2.29. The lowest BCUT2D eigenvalue weighted by Crippen LogP contribution is -2.43. The predicted octanol–water partition coefficient (Wildman–Crippen LogP) is 9.83. The van der Waals surface area contributed by atoms with Gasteiger partial charge in [-0.1, -0.05) is 12.1 Å². The summed E-state index contributed by atoms with van der Waals surface area (Å²) in [6.45, 7) is 12.9. The van der Waals surface area contributed by atoms with Gasteiger partial charge >= 0.3 is 12.2 Å². The van der Waals surface area contributed by atoms with Crippen LogP contribution in [0.4, 0.5) is 9.59 Å². The maximum Gasteiger partial charge on any atom is 0.410 e. The van der Waals surface area contributed by atoms with Gasteiger partial charge in [0.25, 0.3) is 0 Å². The first-order chi connectivity index (χ1) is 23.8. The van der Waals surface area contributed by atoms with Crippen molar-refractivity contribution in [3.63, 3.8) is 0 Å². The third-order valence-electron chi connectivity index (χ3n) is 10.8. The third kappa shape index (κ3) is 6.18. The molecule has 10 heteroatoms. The number of hydrogen-bond acceptors (Lipinski definition) is 7. The second kappa shape index (κ2) is 12.4. The van der Waals surface area contributed by atoms with Crippen molar-refractivity contribution in [2.75, 3.05) is 13.1 Å². The Hall–Kier alpha value is -3.92. The van der Waals surface area contributed by atoms with Gasteiger partial charge in [-0.05, 0) is 138 Å². The smallest absolute Gasteiger partial charge is 0.410 e. The number of aromatic nitrogens is 2. The van der Waals surface area contributed by atoms with E-state index in [0.717, 1.165) is 60.8 Å². The van der Waals surface area contributed by atoms with E-state index in [1.807, 2.05) is 57.5 Å². The summed E-state index contributed by atoms with van der Waals surface area (Å²) < 4.78 is 11.4. The van der Waals surface area contributed by atoms with Crippen LogP contribution >= 0.6 is 11.3 Å². The topological polar surface area (TPSA) is 100 Å². The molecule has 0 radical (unpaired) electrons. The van der Waals surface area contributed by atoms with E-state index in [-0.39, 0.29) is 24.3 Å². The number of rotatable bonds is 5. The Morgan fingerprint density at radius 2 is 1.40 bits per heavy atom. The number of aliphatic imine (C=N–C) groups is 1. The first-order valence-corrected chi connectivity index (χ1v) is 19.2. The zero-order valence-electron chi connectivity index (χ0n) is 30.2. The number of likely N-dealkylation sites (tertiary alicyclic amines) is 2. The Labute approximate surface area is 299 Å². The van der Waals surface area contributed by atoms with Gasteiger partial charge in [-0.2, -0.15) is 0 Å². The maximum absolute atomic E-state index is 13.0. The Morgan fingerprint density at radius 1 is 0.800 bits per heavy atom. The number of imidazole rings is 1. The van der Waals surface area contributed by atoms with Crippen molar-refractivity contribution >= 4 is 34.8 Å². The van der Waals surface area contributed by atoms with E-state index in [0.29, 0.717) is 18.4 Å². The Morgan fingerprint density at radius 3 is 2.08 bits per heavy atom. The molecule has 4 atom stereocenters.